The van der Waals surface area contributed by atoms with Gasteiger partial charge in [-0.2, -0.15) is 13.2 Å². The Kier molecular flexibility index (Phi) is 11.0. The van der Waals surface area contributed by atoms with Crippen molar-refractivity contribution in [3.05, 3.63) is 29.6 Å². The van der Waals surface area contributed by atoms with Crippen molar-refractivity contribution >= 4 is 0 Å². The first kappa shape index (κ1) is 21.0. The summed E-state index contributed by atoms with van der Waals surface area (Å²) in [6.45, 7) is 9.53. The molecule has 0 spiro atoms. The molecule has 1 aromatic carbocycles. The van der Waals surface area contributed by atoms with E-state index in [1.807, 2.05) is 27.7 Å². The number of halogens is 4. The second kappa shape index (κ2) is 10.5. The van der Waals surface area contributed by atoms with Gasteiger partial charge in [0.05, 0.1) is 0 Å². The summed E-state index contributed by atoms with van der Waals surface area (Å²) < 4.78 is 55.0. The Hall–Kier alpha value is -1.30. The largest absolute Gasteiger partial charge is 0.491 e. The highest BCUT2D eigenvalue weighted by Gasteiger charge is 2.34. The van der Waals surface area contributed by atoms with Gasteiger partial charge in [-0.05, 0) is 25.1 Å². The van der Waals surface area contributed by atoms with E-state index < -0.39 is 29.3 Å². The van der Waals surface area contributed by atoms with Crippen LogP contribution in [0.4, 0.5) is 17.6 Å². The molecule has 1 rings (SSSR count). The van der Waals surface area contributed by atoms with Crippen LogP contribution in [0, 0.1) is 5.82 Å². The predicted molar refractivity (Wildman–Crippen MR) is 73.2 cm³/mol. The van der Waals surface area contributed by atoms with Crippen LogP contribution in [0.5, 0.6) is 5.75 Å². The van der Waals surface area contributed by atoms with E-state index in [4.69, 9.17) is 10.5 Å². The Bertz CT molecular complexity index is 365. The van der Waals surface area contributed by atoms with E-state index in [9.17, 15) is 17.6 Å². The third-order valence-electron chi connectivity index (χ3n) is 1.75. The van der Waals surface area contributed by atoms with Gasteiger partial charge in [0.15, 0.2) is 0 Å². The second-order valence-electron chi connectivity index (χ2n) is 3.43. The van der Waals surface area contributed by atoms with Crippen molar-refractivity contribution < 1.29 is 22.3 Å². The average Bonchev–Trinajstić information content (AvgIpc) is 2.40. The monoisotopic (exact) mass is 297 g/mol. The number of rotatable bonds is 3. The van der Waals surface area contributed by atoms with E-state index >= 15 is 0 Å². The molecule has 0 aliphatic rings. The lowest BCUT2D eigenvalue weighted by atomic mass is 10.2. The minimum Gasteiger partial charge on any atom is -0.491 e. The van der Waals surface area contributed by atoms with Crippen LogP contribution >= 0.6 is 0 Å². The van der Waals surface area contributed by atoms with E-state index in [0.717, 1.165) is 12.1 Å². The van der Waals surface area contributed by atoms with E-state index in [0.29, 0.717) is 6.07 Å². The van der Waals surface area contributed by atoms with Crippen molar-refractivity contribution in [1.29, 1.82) is 0 Å². The summed E-state index contributed by atoms with van der Waals surface area (Å²) in [6, 6.07) is 1.86. The number of alkyl halides is 3. The molecule has 6 heteroatoms. The standard InChI is InChI=1S/C10H11F4NO.2C2H6/c1-6(15)5-16-9-3-2-7(11)4-8(9)10(12,13)14;2*1-2/h2-4,6H,5,15H2,1H3;2*1-2H3. The Morgan fingerprint density at radius 3 is 2.05 bits per heavy atom. The third kappa shape index (κ3) is 7.99. The normalized spacial score (nSPS) is 11.5. The lowest BCUT2D eigenvalue weighted by Gasteiger charge is -2.15. The summed E-state index contributed by atoms with van der Waals surface area (Å²) in [6.07, 6.45) is -4.64. The maximum atomic E-state index is 12.7. The molecule has 0 fully saturated rings. The third-order valence-corrected chi connectivity index (χ3v) is 1.75. The van der Waals surface area contributed by atoms with Crippen LogP contribution in [0.2, 0.25) is 0 Å². The fourth-order valence-corrected chi connectivity index (χ4v) is 1.07. The van der Waals surface area contributed by atoms with Gasteiger partial charge in [-0.25, -0.2) is 4.39 Å². The van der Waals surface area contributed by atoms with Crippen molar-refractivity contribution in [1.82, 2.24) is 0 Å². The molecule has 0 amide bonds. The maximum Gasteiger partial charge on any atom is 0.420 e. The van der Waals surface area contributed by atoms with Gasteiger partial charge in [-0.3, -0.25) is 0 Å². The SMILES string of the molecule is CC.CC.CC(N)COc1ccc(F)cc1C(F)(F)F. The van der Waals surface area contributed by atoms with Gasteiger partial charge in [0, 0.05) is 6.04 Å². The molecule has 0 saturated carbocycles. The summed E-state index contributed by atoms with van der Waals surface area (Å²) in [5.41, 5.74) is 4.22. The van der Waals surface area contributed by atoms with E-state index in [2.05, 4.69) is 0 Å². The molecular formula is C14H23F4NO. The Morgan fingerprint density at radius 2 is 1.65 bits per heavy atom. The summed E-state index contributed by atoms with van der Waals surface area (Å²) in [5, 5.41) is 0. The second-order valence-corrected chi connectivity index (χ2v) is 3.43. The molecular weight excluding hydrogens is 274 g/mol. The molecule has 1 aromatic rings. The van der Waals surface area contributed by atoms with Crippen LogP contribution in [-0.2, 0) is 6.18 Å². The van der Waals surface area contributed by atoms with Crippen LogP contribution in [0.3, 0.4) is 0 Å². The molecule has 1 atom stereocenters. The average molecular weight is 297 g/mol. The van der Waals surface area contributed by atoms with Crippen LogP contribution in [-0.4, -0.2) is 12.6 Å². The fourth-order valence-electron chi connectivity index (χ4n) is 1.07. The number of hydrogen-bond acceptors (Lipinski definition) is 2. The molecule has 0 saturated heterocycles. The highest BCUT2D eigenvalue weighted by atomic mass is 19.4. The van der Waals surface area contributed by atoms with Crippen LogP contribution in [0.15, 0.2) is 18.2 Å². The van der Waals surface area contributed by atoms with Gasteiger partial charge in [-0.1, -0.05) is 27.7 Å². The lowest BCUT2D eigenvalue weighted by molar-refractivity contribution is -0.139. The number of nitrogens with two attached hydrogens (primary N) is 1. The molecule has 0 bridgehead atoms. The summed E-state index contributed by atoms with van der Waals surface area (Å²) in [5.74, 6) is -1.37. The molecule has 118 valence electrons. The summed E-state index contributed by atoms with van der Waals surface area (Å²) >= 11 is 0. The van der Waals surface area contributed by atoms with Crippen LogP contribution in [0.25, 0.3) is 0 Å². The van der Waals surface area contributed by atoms with E-state index in [1.165, 1.54) is 0 Å². The van der Waals surface area contributed by atoms with Gasteiger partial charge >= 0.3 is 6.18 Å². The Balaban J connectivity index is 0. The van der Waals surface area contributed by atoms with Crippen molar-refractivity contribution in [2.75, 3.05) is 6.61 Å². The molecule has 1 unspecified atom stereocenters. The molecule has 0 aliphatic heterocycles. The Morgan fingerprint density at radius 1 is 1.15 bits per heavy atom. The van der Waals surface area contributed by atoms with Gasteiger partial charge in [-0.15, -0.1) is 0 Å². The quantitative estimate of drug-likeness (QED) is 0.826. The number of hydrogen-bond donors (Lipinski definition) is 1. The topological polar surface area (TPSA) is 35.2 Å². The van der Waals surface area contributed by atoms with Gasteiger partial charge in [0.2, 0.25) is 0 Å². The first-order chi connectivity index (χ1) is 9.30. The minimum atomic E-state index is -4.64. The molecule has 0 aliphatic carbocycles. The fraction of sp³-hybridized carbons (Fsp3) is 0.571. The van der Waals surface area contributed by atoms with Crippen molar-refractivity contribution in [3.8, 4) is 5.75 Å². The zero-order valence-electron chi connectivity index (χ0n) is 12.5. The summed E-state index contributed by atoms with van der Waals surface area (Å²) in [4.78, 5) is 0. The summed E-state index contributed by atoms with van der Waals surface area (Å²) in [7, 11) is 0. The Labute approximate surface area is 117 Å². The van der Waals surface area contributed by atoms with Crippen molar-refractivity contribution in [2.45, 2.75) is 46.8 Å². The number of ether oxygens (including phenoxy) is 1. The molecule has 2 N–H and O–H groups in total. The predicted octanol–water partition coefficient (Wildman–Crippen LogP) is 4.62. The van der Waals surface area contributed by atoms with Gasteiger partial charge < -0.3 is 10.5 Å². The minimum absolute atomic E-state index is 0.0608. The van der Waals surface area contributed by atoms with Crippen LogP contribution in [0.1, 0.15) is 40.2 Å². The highest BCUT2D eigenvalue weighted by Crippen LogP contribution is 2.36. The zero-order chi connectivity index (χ0) is 16.3. The maximum absolute atomic E-state index is 12.7. The number of benzene rings is 1. The lowest BCUT2D eigenvalue weighted by Crippen LogP contribution is -2.24. The molecule has 20 heavy (non-hydrogen) atoms. The zero-order valence-corrected chi connectivity index (χ0v) is 12.5. The molecule has 0 aromatic heterocycles. The molecule has 0 heterocycles. The van der Waals surface area contributed by atoms with Crippen molar-refractivity contribution in [3.63, 3.8) is 0 Å². The molecule has 2 nitrogen and oxygen atoms in total. The first-order valence-corrected chi connectivity index (χ1v) is 6.56. The highest BCUT2D eigenvalue weighted by molar-refractivity contribution is 5.36. The van der Waals surface area contributed by atoms with E-state index in [-0.39, 0.29) is 6.61 Å². The van der Waals surface area contributed by atoms with Gasteiger partial charge in [0.1, 0.15) is 23.7 Å². The molecule has 0 radical (unpaired) electrons. The van der Waals surface area contributed by atoms with E-state index in [1.54, 1.807) is 6.92 Å². The van der Waals surface area contributed by atoms with Crippen LogP contribution < -0.4 is 10.5 Å². The first-order valence-electron chi connectivity index (χ1n) is 6.56. The van der Waals surface area contributed by atoms with Crippen molar-refractivity contribution in [2.24, 2.45) is 5.73 Å². The smallest absolute Gasteiger partial charge is 0.420 e. The van der Waals surface area contributed by atoms with Gasteiger partial charge in [0.25, 0.3) is 0 Å².